The molecule has 0 aliphatic heterocycles. The molecule has 0 heterocycles. The number of halogens is 1. The van der Waals surface area contributed by atoms with E-state index in [4.69, 9.17) is 0 Å². The molecule has 0 radical (unpaired) electrons. The topological polar surface area (TPSA) is 70.2 Å². The minimum atomic E-state index is -0.576. The minimum absolute atomic E-state index is 0.132. The number of carbonyl (C=O) groups excluding carboxylic acids is 2. The number of amides is 2. The molecule has 5 nitrogen and oxygen atoms in total. The lowest BCUT2D eigenvalue weighted by molar-refractivity contribution is -0.125. The molecule has 0 unspecified atom stereocenters. The molecule has 27 heavy (non-hydrogen) atoms. The summed E-state index contributed by atoms with van der Waals surface area (Å²) < 4.78 is 13.8. The Hall–Kier alpha value is -2.73. The van der Waals surface area contributed by atoms with Crippen molar-refractivity contribution in [1.29, 1.82) is 0 Å². The fourth-order valence-corrected chi connectivity index (χ4v) is 2.88. The summed E-state index contributed by atoms with van der Waals surface area (Å²) in [4.78, 5) is 24.4. The molecule has 2 atom stereocenters. The third kappa shape index (κ3) is 5.62. The number of rotatable bonds is 7. The van der Waals surface area contributed by atoms with E-state index in [1.807, 2.05) is 32.0 Å². The molecule has 0 saturated carbocycles. The second-order valence-electron chi connectivity index (χ2n) is 6.66. The van der Waals surface area contributed by atoms with Gasteiger partial charge in [0.25, 0.3) is 0 Å². The number of nitrogens with one attached hydrogen (secondary N) is 3. The first-order valence-electron chi connectivity index (χ1n) is 8.94. The van der Waals surface area contributed by atoms with Crippen LogP contribution in [0, 0.1) is 19.7 Å². The molecule has 6 heteroatoms. The highest BCUT2D eigenvalue weighted by molar-refractivity contribution is 5.96. The predicted octanol–water partition coefficient (Wildman–Crippen LogP) is 3.24. The molecule has 2 amide bonds. The minimum Gasteiger partial charge on any atom is -0.346 e. The molecule has 0 fully saturated rings. The van der Waals surface area contributed by atoms with Crippen molar-refractivity contribution in [3.05, 3.63) is 65.0 Å². The molecule has 0 spiro atoms. The van der Waals surface area contributed by atoms with Crippen molar-refractivity contribution in [1.82, 2.24) is 10.6 Å². The monoisotopic (exact) mass is 371 g/mol. The van der Waals surface area contributed by atoms with Gasteiger partial charge >= 0.3 is 0 Å². The van der Waals surface area contributed by atoms with Crippen LogP contribution < -0.4 is 16.0 Å². The van der Waals surface area contributed by atoms with E-state index in [1.54, 1.807) is 32.0 Å². The average molecular weight is 371 g/mol. The van der Waals surface area contributed by atoms with Gasteiger partial charge < -0.3 is 10.6 Å². The number of benzene rings is 2. The molecular formula is C21H26FN3O2. The summed E-state index contributed by atoms with van der Waals surface area (Å²) >= 11 is 0. The number of anilines is 1. The Kier molecular flexibility index (Phi) is 7.07. The van der Waals surface area contributed by atoms with E-state index in [1.165, 1.54) is 6.07 Å². The fourth-order valence-electron chi connectivity index (χ4n) is 2.88. The van der Waals surface area contributed by atoms with Crippen LogP contribution in [0.5, 0.6) is 0 Å². The van der Waals surface area contributed by atoms with Gasteiger partial charge in [0, 0.05) is 17.3 Å². The van der Waals surface area contributed by atoms with Gasteiger partial charge in [0.2, 0.25) is 11.8 Å². The number of aryl methyl sites for hydroxylation is 2. The van der Waals surface area contributed by atoms with Crippen LogP contribution in [0.4, 0.5) is 10.1 Å². The highest BCUT2D eigenvalue weighted by atomic mass is 19.1. The Balaban J connectivity index is 1.86. The fraction of sp³-hybridized carbons (Fsp3) is 0.333. The molecular weight excluding hydrogens is 345 g/mol. The van der Waals surface area contributed by atoms with Gasteiger partial charge in [-0.15, -0.1) is 0 Å². The van der Waals surface area contributed by atoms with Crippen LogP contribution in [0.2, 0.25) is 0 Å². The van der Waals surface area contributed by atoms with Crippen LogP contribution in [0.15, 0.2) is 42.5 Å². The molecule has 0 saturated heterocycles. The summed E-state index contributed by atoms with van der Waals surface area (Å²) in [5.74, 6) is -0.942. The third-order valence-corrected chi connectivity index (χ3v) is 4.43. The van der Waals surface area contributed by atoms with Crippen LogP contribution >= 0.6 is 0 Å². The van der Waals surface area contributed by atoms with Gasteiger partial charge in [0.1, 0.15) is 5.82 Å². The second kappa shape index (κ2) is 9.28. The van der Waals surface area contributed by atoms with E-state index in [2.05, 4.69) is 16.0 Å². The van der Waals surface area contributed by atoms with E-state index in [-0.39, 0.29) is 30.2 Å². The standard InChI is InChI=1S/C21H26FN3O2/c1-13-8-7-9-14(2)20(13)25-19(26)12-23-21(27)16(4)24-15(3)17-10-5-6-11-18(17)22/h5-11,15-16,24H,12H2,1-4H3,(H,23,27)(H,25,26)/t15-,16-/m1/s1. The Morgan fingerprint density at radius 1 is 1.00 bits per heavy atom. The van der Waals surface area contributed by atoms with E-state index in [0.717, 1.165) is 16.8 Å². The lowest BCUT2D eigenvalue weighted by Crippen LogP contribution is -2.45. The maximum absolute atomic E-state index is 13.8. The quantitative estimate of drug-likeness (QED) is 0.700. The number of carbonyl (C=O) groups is 2. The van der Waals surface area contributed by atoms with Gasteiger partial charge in [0.15, 0.2) is 0 Å². The molecule has 0 bridgehead atoms. The van der Waals surface area contributed by atoms with Crippen LogP contribution in [0.25, 0.3) is 0 Å². The maximum atomic E-state index is 13.8. The molecule has 2 aromatic carbocycles. The summed E-state index contributed by atoms with van der Waals surface area (Å²) in [6.07, 6.45) is 0. The third-order valence-electron chi connectivity index (χ3n) is 4.43. The van der Waals surface area contributed by atoms with Crippen LogP contribution in [-0.2, 0) is 9.59 Å². The SMILES string of the molecule is Cc1cccc(C)c1NC(=O)CNC(=O)[C@@H](C)N[C@H](C)c1ccccc1F. The molecule has 2 rings (SSSR count). The van der Waals surface area contributed by atoms with Gasteiger partial charge in [0.05, 0.1) is 12.6 Å². The van der Waals surface area contributed by atoms with E-state index >= 15 is 0 Å². The van der Waals surface area contributed by atoms with Crippen molar-refractivity contribution in [2.45, 2.75) is 39.8 Å². The Labute approximate surface area is 159 Å². The zero-order valence-corrected chi connectivity index (χ0v) is 16.1. The summed E-state index contributed by atoms with van der Waals surface area (Å²) in [6, 6.07) is 11.3. The van der Waals surface area contributed by atoms with Crippen molar-refractivity contribution in [3.8, 4) is 0 Å². The van der Waals surface area contributed by atoms with Crippen molar-refractivity contribution in [2.24, 2.45) is 0 Å². The lowest BCUT2D eigenvalue weighted by Gasteiger charge is -2.20. The van der Waals surface area contributed by atoms with Crippen molar-refractivity contribution >= 4 is 17.5 Å². The van der Waals surface area contributed by atoms with Crippen molar-refractivity contribution in [3.63, 3.8) is 0 Å². The smallest absolute Gasteiger partial charge is 0.243 e. The molecule has 3 N–H and O–H groups in total. The normalized spacial score (nSPS) is 12.9. The number of para-hydroxylation sites is 1. The van der Waals surface area contributed by atoms with Gasteiger partial charge in [-0.05, 0) is 44.9 Å². The van der Waals surface area contributed by atoms with Crippen LogP contribution in [0.1, 0.15) is 36.6 Å². The summed E-state index contributed by atoms with van der Waals surface area (Å²) in [7, 11) is 0. The highest BCUT2D eigenvalue weighted by Crippen LogP contribution is 2.19. The van der Waals surface area contributed by atoms with Gasteiger partial charge in [-0.2, -0.15) is 0 Å². The first-order chi connectivity index (χ1) is 12.8. The second-order valence-corrected chi connectivity index (χ2v) is 6.66. The maximum Gasteiger partial charge on any atom is 0.243 e. The molecule has 144 valence electrons. The largest absolute Gasteiger partial charge is 0.346 e. The lowest BCUT2D eigenvalue weighted by atomic mass is 10.1. The van der Waals surface area contributed by atoms with Crippen molar-refractivity contribution < 1.29 is 14.0 Å². The predicted molar refractivity (Wildman–Crippen MR) is 105 cm³/mol. The highest BCUT2D eigenvalue weighted by Gasteiger charge is 2.18. The average Bonchev–Trinajstić information content (AvgIpc) is 2.63. The van der Waals surface area contributed by atoms with E-state index in [0.29, 0.717) is 5.56 Å². The molecule has 0 aliphatic rings. The summed E-state index contributed by atoms with van der Waals surface area (Å²) in [5, 5.41) is 8.47. The molecule has 2 aromatic rings. The van der Waals surface area contributed by atoms with E-state index in [9.17, 15) is 14.0 Å². The van der Waals surface area contributed by atoms with Crippen molar-refractivity contribution in [2.75, 3.05) is 11.9 Å². The van der Waals surface area contributed by atoms with E-state index < -0.39 is 6.04 Å². The zero-order valence-electron chi connectivity index (χ0n) is 16.1. The summed E-state index contributed by atoms with van der Waals surface area (Å²) in [5.41, 5.74) is 3.17. The number of hydrogen-bond acceptors (Lipinski definition) is 3. The molecule has 0 aromatic heterocycles. The van der Waals surface area contributed by atoms with Gasteiger partial charge in [-0.25, -0.2) is 4.39 Å². The van der Waals surface area contributed by atoms with Crippen LogP contribution in [0.3, 0.4) is 0 Å². The summed E-state index contributed by atoms with van der Waals surface area (Å²) in [6.45, 7) is 7.16. The number of hydrogen-bond donors (Lipinski definition) is 3. The Morgan fingerprint density at radius 2 is 1.63 bits per heavy atom. The molecule has 0 aliphatic carbocycles. The van der Waals surface area contributed by atoms with Gasteiger partial charge in [-0.1, -0.05) is 36.4 Å². The van der Waals surface area contributed by atoms with Gasteiger partial charge in [-0.3, -0.25) is 14.9 Å². The first-order valence-corrected chi connectivity index (χ1v) is 8.94. The Bertz CT molecular complexity index is 803. The zero-order chi connectivity index (χ0) is 20.0. The Morgan fingerprint density at radius 3 is 2.26 bits per heavy atom. The van der Waals surface area contributed by atoms with Crippen LogP contribution in [-0.4, -0.2) is 24.4 Å². The first kappa shape index (κ1) is 20.6.